The quantitative estimate of drug-likeness (QED) is 0.764. The molecule has 9 nitrogen and oxygen atoms in total. The van der Waals surface area contributed by atoms with Crippen LogP contribution < -0.4 is 5.32 Å². The summed E-state index contributed by atoms with van der Waals surface area (Å²) in [6.45, 7) is 0.974. The number of amides is 1. The SMILES string of the molecule is O=C(CCc1nc(-c2ccoc2)no1)NC(C(=O)O)C1CCCOC1. The van der Waals surface area contributed by atoms with Crippen LogP contribution in [0.4, 0.5) is 0 Å². The molecule has 1 fully saturated rings. The Morgan fingerprint density at radius 2 is 2.32 bits per heavy atom. The number of carboxylic acid groups (broad SMARTS) is 1. The second-order valence-corrected chi connectivity index (χ2v) is 5.88. The topological polar surface area (TPSA) is 128 Å². The van der Waals surface area contributed by atoms with Crippen LogP contribution in [0.25, 0.3) is 11.4 Å². The Kier molecular flexibility index (Phi) is 5.44. The Hall–Kier alpha value is -2.68. The van der Waals surface area contributed by atoms with Gasteiger partial charge in [-0.1, -0.05) is 5.16 Å². The Morgan fingerprint density at radius 3 is 3.00 bits per heavy atom. The molecule has 2 aromatic heterocycles. The highest BCUT2D eigenvalue weighted by molar-refractivity contribution is 5.83. The molecular formula is C16H19N3O6. The van der Waals surface area contributed by atoms with Crippen LogP contribution in [0.1, 0.15) is 25.2 Å². The molecule has 25 heavy (non-hydrogen) atoms. The van der Waals surface area contributed by atoms with E-state index in [4.69, 9.17) is 13.7 Å². The van der Waals surface area contributed by atoms with Crippen molar-refractivity contribution in [2.45, 2.75) is 31.7 Å². The molecule has 0 aromatic carbocycles. The van der Waals surface area contributed by atoms with Crippen LogP contribution in [0, 0.1) is 5.92 Å². The maximum atomic E-state index is 12.1. The van der Waals surface area contributed by atoms with Gasteiger partial charge in [0.05, 0.1) is 18.4 Å². The molecule has 1 aliphatic heterocycles. The zero-order valence-corrected chi connectivity index (χ0v) is 13.5. The zero-order chi connectivity index (χ0) is 17.6. The Morgan fingerprint density at radius 1 is 1.44 bits per heavy atom. The van der Waals surface area contributed by atoms with Crippen molar-refractivity contribution in [3.05, 3.63) is 24.5 Å². The molecule has 2 N–H and O–H groups in total. The van der Waals surface area contributed by atoms with Gasteiger partial charge in [0.25, 0.3) is 0 Å². The van der Waals surface area contributed by atoms with Gasteiger partial charge in [-0.2, -0.15) is 4.98 Å². The number of hydrogen-bond donors (Lipinski definition) is 2. The lowest BCUT2D eigenvalue weighted by Crippen LogP contribution is -2.48. The molecule has 0 radical (unpaired) electrons. The summed E-state index contributed by atoms with van der Waals surface area (Å²) in [4.78, 5) is 27.7. The number of carbonyl (C=O) groups excluding carboxylic acids is 1. The molecule has 0 aliphatic carbocycles. The second-order valence-electron chi connectivity index (χ2n) is 5.88. The summed E-state index contributed by atoms with van der Waals surface area (Å²) in [5.74, 6) is -0.956. The van der Waals surface area contributed by atoms with Crippen molar-refractivity contribution in [2.24, 2.45) is 5.92 Å². The van der Waals surface area contributed by atoms with Crippen molar-refractivity contribution in [3.63, 3.8) is 0 Å². The van der Waals surface area contributed by atoms with Crippen LogP contribution in [0.3, 0.4) is 0 Å². The lowest BCUT2D eigenvalue weighted by molar-refractivity contribution is -0.145. The van der Waals surface area contributed by atoms with Gasteiger partial charge in [0.1, 0.15) is 12.3 Å². The van der Waals surface area contributed by atoms with Gasteiger partial charge < -0.3 is 24.1 Å². The number of furan rings is 1. The first kappa shape index (κ1) is 17.2. The van der Waals surface area contributed by atoms with E-state index in [9.17, 15) is 14.7 Å². The first-order valence-electron chi connectivity index (χ1n) is 8.08. The Balaban J connectivity index is 1.52. The number of nitrogens with one attached hydrogen (secondary N) is 1. The molecule has 0 spiro atoms. The molecular weight excluding hydrogens is 330 g/mol. The van der Waals surface area contributed by atoms with E-state index in [1.807, 2.05) is 0 Å². The number of aromatic nitrogens is 2. The fourth-order valence-corrected chi connectivity index (χ4v) is 2.74. The minimum atomic E-state index is -1.05. The number of aryl methyl sites for hydroxylation is 1. The smallest absolute Gasteiger partial charge is 0.326 e. The van der Waals surface area contributed by atoms with Crippen molar-refractivity contribution < 1.29 is 28.4 Å². The third-order valence-electron chi connectivity index (χ3n) is 4.06. The monoisotopic (exact) mass is 349 g/mol. The summed E-state index contributed by atoms with van der Waals surface area (Å²) in [5.41, 5.74) is 0.683. The minimum absolute atomic E-state index is 0.0599. The summed E-state index contributed by atoms with van der Waals surface area (Å²) >= 11 is 0. The summed E-state index contributed by atoms with van der Waals surface area (Å²) in [7, 11) is 0. The molecule has 9 heteroatoms. The molecule has 1 saturated heterocycles. The highest BCUT2D eigenvalue weighted by atomic mass is 16.5. The first-order chi connectivity index (χ1) is 12.1. The van der Waals surface area contributed by atoms with E-state index >= 15 is 0 Å². The van der Waals surface area contributed by atoms with Gasteiger partial charge >= 0.3 is 5.97 Å². The van der Waals surface area contributed by atoms with E-state index < -0.39 is 12.0 Å². The van der Waals surface area contributed by atoms with Crippen LogP contribution in [0.5, 0.6) is 0 Å². The summed E-state index contributed by atoms with van der Waals surface area (Å²) < 4.78 is 15.3. The second kappa shape index (κ2) is 7.93. The molecule has 1 aliphatic rings. The highest BCUT2D eigenvalue weighted by Gasteiger charge is 2.31. The van der Waals surface area contributed by atoms with Gasteiger partial charge in [0.15, 0.2) is 0 Å². The van der Waals surface area contributed by atoms with E-state index in [2.05, 4.69) is 15.5 Å². The van der Waals surface area contributed by atoms with Crippen molar-refractivity contribution >= 4 is 11.9 Å². The fourth-order valence-electron chi connectivity index (χ4n) is 2.74. The van der Waals surface area contributed by atoms with E-state index in [0.29, 0.717) is 30.5 Å². The van der Waals surface area contributed by atoms with Gasteiger partial charge in [-0.25, -0.2) is 4.79 Å². The first-order valence-corrected chi connectivity index (χ1v) is 8.08. The Labute approximate surface area is 143 Å². The third-order valence-corrected chi connectivity index (χ3v) is 4.06. The number of hydrogen-bond acceptors (Lipinski definition) is 7. The molecule has 3 rings (SSSR count). The van der Waals surface area contributed by atoms with Gasteiger partial charge in [-0.15, -0.1) is 0 Å². The number of nitrogens with zero attached hydrogens (tertiary/aromatic N) is 2. The maximum Gasteiger partial charge on any atom is 0.326 e. The average Bonchev–Trinajstić information content (AvgIpc) is 3.29. The molecule has 0 bridgehead atoms. The molecule has 2 atom stereocenters. The van der Waals surface area contributed by atoms with Crippen molar-refractivity contribution in [1.82, 2.24) is 15.5 Å². The Bertz CT molecular complexity index is 705. The highest BCUT2D eigenvalue weighted by Crippen LogP contribution is 2.19. The van der Waals surface area contributed by atoms with Crippen LogP contribution in [0.15, 0.2) is 27.5 Å². The lowest BCUT2D eigenvalue weighted by Gasteiger charge is -2.28. The van der Waals surface area contributed by atoms with Gasteiger partial charge in [-0.3, -0.25) is 4.79 Å². The van der Waals surface area contributed by atoms with Gasteiger partial charge in [0, 0.05) is 25.4 Å². The largest absolute Gasteiger partial charge is 0.480 e. The molecule has 2 unspecified atom stereocenters. The standard InChI is InChI=1S/C16H19N3O6/c20-12(17-14(16(21)22)10-2-1-6-23-8-10)3-4-13-18-15(19-25-13)11-5-7-24-9-11/h5,7,9-10,14H,1-4,6,8H2,(H,17,20)(H,21,22). The van der Waals surface area contributed by atoms with Gasteiger partial charge in [-0.05, 0) is 18.9 Å². The van der Waals surface area contributed by atoms with E-state index in [1.165, 1.54) is 12.5 Å². The zero-order valence-electron chi connectivity index (χ0n) is 13.5. The predicted octanol–water partition coefficient (Wildman–Crippen LogP) is 1.26. The van der Waals surface area contributed by atoms with Crippen LogP contribution in [-0.2, 0) is 20.7 Å². The number of ether oxygens (including phenoxy) is 1. The third kappa shape index (κ3) is 4.44. The summed E-state index contributed by atoms with van der Waals surface area (Å²) in [5, 5.41) is 15.7. The maximum absolute atomic E-state index is 12.1. The normalized spacial score (nSPS) is 18.6. The number of carbonyl (C=O) groups is 2. The summed E-state index contributed by atoms with van der Waals surface area (Å²) in [6, 6.07) is 0.752. The van der Waals surface area contributed by atoms with E-state index in [-0.39, 0.29) is 24.7 Å². The van der Waals surface area contributed by atoms with Crippen LogP contribution in [0.2, 0.25) is 0 Å². The predicted molar refractivity (Wildman–Crippen MR) is 83.4 cm³/mol. The molecule has 134 valence electrons. The van der Waals surface area contributed by atoms with Crippen LogP contribution in [-0.4, -0.2) is 46.4 Å². The molecule has 3 heterocycles. The van der Waals surface area contributed by atoms with E-state index in [1.54, 1.807) is 6.07 Å². The number of carboxylic acids is 1. The summed E-state index contributed by atoms with van der Waals surface area (Å²) in [6.07, 6.45) is 4.79. The average molecular weight is 349 g/mol. The molecule has 0 saturated carbocycles. The lowest BCUT2D eigenvalue weighted by atomic mass is 9.93. The van der Waals surface area contributed by atoms with Crippen molar-refractivity contribution in [2.75, 3.05) is 13.2 Å². The van der Waals surface area contributed by atoms with Crippen molar-refractivity contribution in [1.29, 1.82) is 0 Å². The van der Waals surface area contributed by atoms with Crippen LogP contribution >= 0.6 is 0 Å². The number of aliphatic carboxylic acids is 1. The van der Waals surface area contributed by atoms with Crippen molar-refractivity contribution in [3.8, 4) is 11.4 Å². The molecule has 2 aromatic rings. The fraction of sp³-hybridized carbons (Fsp3) is 0.500. The van der Waals surface area contributed by atoms with E-state index in [0.717, 1.165) is 12.8 Å². The molecule has 1 amide bonds. The minimum Gasteiger partial charge on any atom is -0.480 e. The van der Waals surface area contributed by atoms with Gasteiger partial charge in [0.2, 0.25) is 17.6 Å². The number of rotatable bonds is 7.